The van der Waals surface area contributed by atoms with Crippen LogP contribution in [0.15, 0.2) is 29.8 Å². The Morgan fingerprint density at radius 3 is 2.75 bits per heavy atom. The molecular formula is C12H13NO3. The van der Waals surface area contributed by atoms with Crippen molar-refractivity contribution in [2.75, 3.05) is 13.1 Å². The Morgan fingerprint density at radius 1 is 1.31 bits per heavy atom. The van der Waals surface area contributed by atoms with E-state index in [-0.39, 0.29) is 5.75 Å². The zero-order valence-electron chi connectivity index (χ0n) is 8.73. The molecule has 1 aliphatic heterocycles. The zero-order chi connectivity index (χ0) is 11.5. The number of hydrogen-bond donors (Lipinski definition) is 3. The molecule has 0 aromatic heterocycles. The monoisotopic (exact) mass is 219 g/mol. The van der Waals surface area contributed by atoms with Gasteiger partial charge in [0.2, 0.25) is 0 Å². The average Bonchev–Trinajstić information content (AvgIpc) is 2.29. The van der Waals surface area contributed by atoms with Crippen LogP contribution in [0.1, 0.15) is 12.0 Å². The van der Waals surface area contributed by atoms with Gasteiger partial charge in [-0.25, -0.2) is 4.79 Å². The van der Waals surface area contributed by atoms with Crippen LogP contribution in [0.5, 0.6) is 5.75 Å². The molecule has 0 saturated carbocycles. The van der Waals surface area contributed by atoms with Crippen LogP contribution in [0.25, 0.3) is 5.57 Å². The largest absolute Gasteiger partial charge is 0.507 e. The van der Waals surface area contributed by atoms with E-state index in [1.807, 2.05) is 0 Å². The highest BCUT2D eigenvalue weighted by atomic mass is 16.4. The van der Waals surface area contributed by atoms with Crippen molar-refractivity contribution in [1.29, 1.82) is 0 Å². The van der Waals surface area contributed by atoms with Gasteiger partial charge in [-0.15, -0.1) is 0 Å². The Balaban J connectivity index is 2.52. The predicted octanol–water partition coefficient (Wildman–Crippen LogP) is 1.22. The van der Waals surface area contributed by atoms with Crippen LogP contribution in [0.2, 0.25) is 0 Å². The van der Waals surface area contributed by atoms with Crippen LogP contribution in [0.4, 0.5) is 0 Å². The molecule has 16 heavy (non-hydrogen) atoms. The fraction of sp³-hybridized carbons (Fsp3) is 0.250. The summed E-state index contributed by atoms with van der Waals surface area (Å²) in [5.74, 6) is -0.778. The highest BCUT2D eigenvalue weighted by molar-refractivity contribution is 5.98. The van der Waals surface area contributed by atoms with Crippen LogP contribution in [0, 0.1) is 0 Å². The zero-order valence-corrected chi connectivity index (χ0v) is 8.73. The lowest BCUT2D eigenvalue weighted by atomic mass is 9.94. The summed E-state index contributed by atoms with van der Waals surface area (Å²) in [5.41, 5.74) is 1.67. The van der Waals surface area contributed by atoms with Gasteiger partial charge in [-0.2, -0.15) is 0 Å². The minimum atomic E-state index is -0.903. The third-order valence-corrected chi connectivity index (χ3v) is 2.71. The van der Waals surface area contributed by atoms with Crippen LogP contribution in [-0.2, 0) is 4.79 Å². The van der Waals surface area contributed by atoms with Gasteiger partial charge >= 0.3 is 5.97 Å². The number of nitrogens with one attached hydrogen (secondary N) is 1. The van der Waals surface area contributed by atoms with E-state index in [0.29, 0.717) is 36.2 Å². The lowest BCUT2D eigenvalue weighted by molar-refractivity contribution is -0.132. The van der Waals surface area contributed by atoms with Crippen molar-refractivity contribution in [1.82, 2.24) is 5.32 Å². The van der Waals surface area contributed by atoms with Crippen LogP contribution < -0.4 is 5.32 Å². The predicted molar refractivity (Wildman–Crippen MR) is 60.1 cm³/mol. The van der Waals surface area contributed by atoms with E-state index in [0.717, 1.165) is 0 Å². The summed E-state index contributed by atoms with van der Waals surface area (Å²) in [6.07, 6.45) is 0.485. The molecule has 0 bridgehead atoms. The normalized spacial score (nSPS) is 16.2. The highest BCUT2D eigenvalue weighted by Gasteiger charge is 2.20. The van der Waals surface area contributed by atoms with Gasteiger partial charge in [0.1, 0.15) is 5.75 Å². The fourth-order valence-corrected chi connectivity index (χ4v) is 1.91. The van der Waals surface area contributed by atoms with Crippen molar-refractivity contribution in [3.63, 3.8) is 0 Å². The number of aromatic hydroxyl groups is 1. The summed E-state index contributed by atoms with van der Waals surface area (Å²) in [6, 6.07) is 6.81. The van der Waals surface area contributed by atoms with Gasteiger partial charge in [-0.05, 0) is 24.6 Å². The number of carbonyl (C=O) groups is 1. The molecular weight excluding hydrogens is 206 g/mol. The van der Waals surface area contributed by atoms with Crippen molar-refractivity contribution in [2.24, 2.45) is 0 Å². The summed E-state index contributed by atoms with van der Waals surface area (Å²) in [5, 5.41) is 21.9. The maximum absolute atomic E-state index is 11.1. The van der Waals surface area contributed by atoms with Crippen molar-refractivity contribution < 1.29 is 15.0 Å². The van der Waals surface area contributed by atoms with E-state index in [1.54, 1.807) is 24.3 Å². The smallest absolute Gasteiger partial charge is 0.331 e. The molecule has 3 N–H and O–H groups in total. The molecule has 0 saturated heterocycles. The van der Waals surface area contributed by atoms with Crippen molar-refractivity contribution in [3.8, 4) is 5.75 Å². The van der Waals surface area contributed by atoms with Crippen molar-refractivity contribution in [2.45, 2.75) is 6.42 Å². The van der Waals surface area contributed by atoms with Crippen molar-refractivity contribution >= 4 is 11.5 Å². The molecule has 0 unspecified atom stereocenters. The minimum Gasteiger partial charge on any atom is -0.507 e. The second-order valence-corrected chi connectivity index (χ2v) is 3.71. The van der Waals surface area contributed by atoms with Gasteiger partial charge in [0, 0.05) is 17.7 Å². The first-order valence-electron chi connectivity index (χ1n) is 5.14. The van der Waals surface area contributed by atoms with E-state index >= 15 is 0 Å². The molecule has 2 rings (SSSR count). The highest BCUT2D eigenvalue weighted by Crippen LogP contribution is 2.29. The number of carboxylic acid groups (broad SMARTS) is 1. The fourth-order valence-electron chi connectivity index (χ4n) is 1.91. The first-order valence-corrected chi connectivity index (χ1v) is 5.14. The van der Waals surface area contributed by atoms with Crippen LogP contribution in [-0.4, -0.2) is 29.3 Å². The van der Waals surface area contributed by atoms with Crippen LogP contribution in [0.3, 0.4) is 0 Å². The summed E-state index contributed by atoms with van der Waals surface area (Å²) in [4.78, 5) is 11.1. The molecule has 1 aromatic rings. The van der Waals surface area contributed by atoms with E-state index in [2.05, 4.69) is 5.32 Å². The number of carboxylic acids is 1. The number of rotatable bonds is 2. The van der Waals surface area contributed by atoms with E-state index in [4.69, 9.17) is 5.11 Å². The number of aliphatic carboxylic acids is 1. The van der Waals surface area contributed by atoms with E-state index < -0.39 is 5.97 Å². The standard InChI is InChI=1S/C12H13NO3/c14-11-4-2-1-3-8(11)10-7-13-6-5-9(10)12(15)16/h1-4,13-14H,5-7H2,(H,15,16). The number of benzene rings is 1. The average molecular weight is 219 g/mol. The lowest BCUT2D eigenvalue weighted by Gasteiger charge is -2.19. The Bertz CT molecular complexity index is 451. The summed E-state index contributed by atoms with van der Waals surface area (Å²) < 4.78 is 0. The van der Waals surface area contributed by atoms with Gasteiger partial charge in [0.05, 0.1) is 0 Å². The maximum Gasteiger partial charge on any atom is 0.331 e. The Labute approximate surface area is 93.2 Å². The van der Waals surface area contributed by atoms with Gasteiger partial charge in [0.15, 0.2) is 0 Å². The summed E-state index contributed by atoms with van der Waals surface area (Å²) in [6.45, 7) is 1.15. The lowest BCUT2D eigenvalue weighted by Crippen LogP contribution is -2.27. The molecule has 84 valence electrons. The van der Waals surface area contributed by atoms with Gasteiger partial charge in [0.25, 0.3) is 0 Å². The SMILES string of the molecule is O=C(O)C1=C(c2ccccc2O)CNCC1. The molecule has 0 radical (unpaired) electrons. The summed E-state index contributed by atoms with van der Waals surface area (Å²) in [7, 11) is 0. The van der Waals surface area contributed by atoms with Crippen LogP contribution >= 0.6 is 0 Å². The number of phenolic OH excluding ortho intramolecular Hbond substituents is 1. The molecule has 1 heterocycles. The quantitative estimate of drug-likeness (QED) is 0.699. The molecule has 0 amide bonds. The van der Waals surface area contributed by atoms with Gasteiger partial charge < -0.3 is 15.5 Å². The molecule has 4 nitrogen and oxygen atoms in total. The summed E-state index contributed by atoms with van der Waals surface area (Å²) >= 11 is 0. The van der Waals surface area contributed by atoms with Gasteiger partial charge in [-0.1, -0.05) is 18.2 Å². The third kappa shape index (κ3) is 1.92. The Morgan fingerprint density at radius 2 is 2.06 bits per heavy atom. The molecule has 0 spiro atoms. The minimum absolute atomic E-state index is 0.125. The van der Waals surface area contributed by atoms with E-state index in [1.165, 1.54) is 0 Å². The van der Waals surface area contributed by atoms with Gasteiger partial charge in [-0.3, -0.25) is 0 Å². The molecule has 4 heteroatoms. The maximum atomic E-state index is 11.1. The third-order valence-electron chi connectivity index (χ3n) is 2.71. The number of hydrogen-bond acceptors (Lipinski definition) is 3. The topological polar surface area (TPSA) is 69.6 Å². The Kier molecular flexibility index (Phi) is 2.92. The molecule has 0 atom stereocenters. The van der Waals surface area contributed by atoms with Crippen molar-refractivity contribution in [3.05, 3.63) is 35.4 Å². The second-order valence-electron chi connectivity index (χ2n) is 3.71. The molecule has 1 aromatic carbocycles. The first kappa shape index (κ1) is 10.7. The molecule has 0 aliphatic carbocycles. The Hall–Kier alpha value is -1.81. The first-order chi connectivity index (χ1) is 7.70. The number of para-hydroxylation sites is 1. The second kappa shape index (κ2) is 4.37. The number of phenols is 1. The molecule has 1 aliphatic rings. The molecule has 0 fully saturated rings. The van der Waals surface area contributed by atoms with E-state index in [9.17, 15) is 9.90 Å².